The van der Waals surface area contributed by atoms with Crippen molar-refractivity contribution in [3.8, 4) is 24.3 Å². The van der Waals surface area contributed by atoms with Crippen molar-refractivity contribution < 1.29 is 0 Å². The second-order valence-corrected chi connectivity index (χ2v) is 7.41. The van der Waals surface area contributed by atoms with Crippen molar-refractivity contribution in [3.63, 3.8) is 0 Å². The standard InChI is InChI=1S/C24H12N8/c1-31-21-7-15-3-14-6-20-22(32(2)24(30-20)18(11-27)12-28)8-16(14)4-13(15)5-19(21)29-23(31)17(9-25)10-26/h3-8H,1-2H3. The van der Waals surface area contributed by atoms with E-state index in [1.807, 2.05) is 60.7 Å². The van der Waals surface area contributed by atoms with E-state index in [0.717, 1.165) is 32.6 Å². The quantitative estimate of drug-likeness (QED) is 0.358. The number of nitriles is 4. The number of aryl methyl sites for hydroxylation is 2. The molecule has 0 spiro atoms. The highest BCUT2D eigenvalue weighted by atomic mass is 15.0. The summed E-state index contributed by atoms with van der Waals surface area (Å²) in [5.74, 6) is 0. The molecule has 2 aromatic heterocycles. The van der Waals surface area contributed by atoms with Gasteiger partial charge in [-0.05, 0) is 57.9 Å². The van der Waals surface area contributed by atoms with Gasteiger partial charge in [-0.3, -0.25) is 0 Å². The largest absolute Gasteiger partial charge is 0.326 e. The zero-order valence-corrected chi connectivity index (χ0v) is 17.0. The fraction of sp³-hybridized carbons (Fsp3) is 0.0833. The summed E-state index contributed by atoms with van der Waals surface area (Å²) < 4.78 is 3.49. The summed E-state index contributed by atoms with van der Waals surface area (Å²) in [4.78, 5) is 8.99. The first-order valence-electron chi connectivity index (χ1n) is 9.54. The highest BCUT2D eigenvalue weighted by Gasteiger charge is 2.12. The molecule has 0 unspecified atom stereocenters. The molecule has 5 aromatic rings. The summed E-state index contributed by atoms with van der Waals surface area (Å²) in [6.45, 7) is 0. The lowest BCUT2D eigenvalue weighted by Gasteiger charge is -2.05. The van der Waals surface area contributed by atoms with Crippen molar-refractivity contribution in [1.82, 2.24) is 19.1 Å². The van der Waals surface area contributed by atoms with Gasteiger partial charge in [-0.1, -0.05) is 0 Å². The molecule has 0 bridgehead atoms. The SMILES string of the molecule is Cn1c(=C(C#N)C#N)nc2cc3cc4cc5c(cc4cc3cc21)nc(=C(C#N)C#N)n5C. The molecule has 0 amide bonds. The molecule has 0 saturated carbocycles. The van der Waals surface area contributed by atoms with E-state index < -0.39 is 0 Å². The maximum Gasteiger partial charge on any atom is 0.172 e. The number of rotatable bonds is 0. The lowest BCUT2D eigenvalue weighted by atomic mass is 10.0. The molecule has 148 valence electrons. The topological polar surface area (TPSA) is 131 Å². The average Bonchev–Trinajstić information content (AvgIpc) is 3.28. The Labute approximate surface area is 181 Å². The van der Waals surface area contributed by atoms with E-state index >= 15 is 0 Å². The van der Waals surface area contributed by atoms with Gasteiger partial charge in [0.15, 0.2) is 22.1 Å². The Bertz CT molecular complexity index is 1760. The molecule has 0 aliphatic carbocycles. The normalized spacial score (nSPS) is 10.7. The summed E-state index contributed by atoms with van der Waals surface area (Å²) in [5.41, 5.74) is 3.65. The first-order valence-corrected chi connectivity index (χ1v) is 9.54. The van der Waals surface area contributed by atoms with Crippen LogP contribution in [-0.4, -0.2) is 19.1 Å². The van der Waals surface area contributed by atoms with Crippen LogP contribution >= 0.6 is 0 Å². The number of aromatic nitrogens is 4. The van der Waals surface area contributed by atoms with Crippen molar-refractivity contribution in [2.45, 2.75) is 0 Å². The van der Waals surface area contributed by atoms with E-state index in [9.17, 15) is 21.0 Å². The Morgan fingerprint density at radius 1 is 0.594 bits per heavy atom. The first-order chi connectivity index (χ1) is 15.5. The van der Waals surface area contributed by atoms with E-state index in [-0.39, 0.29) is 11.1 Å². The van der Waals surface area contributed by atoms with Crippen molar-refractivity contribution >= 4 is 54.8 Å². The molecule has 3 aromatic carbocycles. The molecule has 0 N–H and O–H groups in total. The van der Waals surface area contributed by atoms with Crippen molar-refractivity contribution in [3.05, 3.63) is 47.4 Å². The smallest absolute Gasteiger partial charge is 0.172 e. The molecule has 0 saturated heterocycles. The van der Waals surface area contributed by atoms with Crippen LogP contribution in [0, 0.1) is 45.3 Å². The Hall–Kier alpha value is -5.18. The van der Waals surface area contributed by atoms with Crippen molar-refractivity contribution in [1.29, 1.82) is 21.0 Å². The molecule has 8 heteroatoms. The second kappa shape index (κ2) is 6.67. The minimum absolute atomic E-state index is 0.0306. The van der Waals surface area contributed by atoms with Gasteiger partial charge in [-0.15, -0.1) is 0 Å². The lowest BCUT2D eigenvalue weighted by Crippen LogP contribution is -2.17. The van der Waals surface area contributed by atoms with Crippen LogP contribution in [0.15, 0.2) is 36.4 Å². The fourth-order valence-corrected chi connectivity index (χ4v) is 4.07. The zero-order chi connectivity index (χ0) is 22.6. The molecule has 0 radical (unpaired) electrons. The zero-order valence-electron chi connectivity index (χ0n) is 17.0. The predicted octanol–water partition coefficient (Wildman–Crippen LogP) is 2.16. The summed E-state index contributed by atoms with van der Waals surface area (Å²) in [6, 6.07) is 19.5. The highest BCUT2D eigenvalue weighted by molar-refractivity contribution is 6.06. The molecular weight excluding hydrogens is 400 g/mol. The number of hydrogen-bond donors (Lipinski definition) is 0. The van der Waals surface area contributed by atoms with Crippen LogP contribution < -0.4 is 11.0 Å². The minimum atomic E-state index is -0.0306. The number of hydrogen-bond acceptors (Lipinski definition) is 6. The van der Waals surface area contributed by atoms with Gasteiger partial charge in [0, 0.05) is 14.1 Å². The van der Waals surface area contributed by atoms with Gasteiger partial charge in [-0.25, -0.2) is 9.97 Å². The molecule has 0 atom stereocenters. The molecule has 0 aliphatic rings. The lowest BCUT2D eigenvalue weighted by molar-refractivity contribution is 0.897. The molecule has 0 fully saturated rings. The molecule has 5 rings (SSSR count). The van der Waals surface area contributed by atoms with Crippen LogP contribution in [0.25, 0.3) is 54.8 Å². The van der Waals surface area contributed by atoms with E-state index in [4.69, 9.17) is 0 Å². The number of imidazole rings is 2. The maximum atomic E-state index is 9.22. The van der Waals surface area contributed by atoms with E-state index in [2.05, 4.69) is 9.97 Å². The first kappa shape index (κ1) is 18.8. The molecule has 32 heavy (non-hydrogen) atoms. The van der Waals surface area contributed by atoms with E-state index in [0.29, 0.717) is 22.0 Å². The molecule has 0 aliphatic heterocycles. The average molecular weight is 412 g/mol. The van der Waals surface area contributed by atoms with Gasteiger partial charge in [0.1, 0.15) is 24.3 Å². The number of fused-ring (bicyclic) bond motifs is 4. The van der Waals surface area contributed by atoms with Crippen molar-refractivity contribution in [2.75, 3.05) is 0 Å². The third-order valence-electron chi connectivity index (χ3n) is 5.69. The van der Waals surface area contributed by atoms with Crippen LogP contribution in [0.1, 0.15) is 0 Å². The maximum absolute atomic E-state index is 9.22. The van der Waals surface area contributed by atoms with Crippen LogP contribution in [0.2, 0.25) is 0 Å². The Kier molecular flexibility index (Phi) is 3.93. The number of nitrogens with zero attached hydrogens (tertiary/aromatic N) is 8. The summed E-state index contributed by atoms with van der Waals surface area (Å²) in [6.07, 6.45) is 0. The van der Waals surface area contributed by atoms with Crippen LogP contribution in [-0.2, 0) is 14.1 Å². The van der Waals surface area contributed by atoms with Gasteiger partial charge in [0.2, 0.25) is 0 Å². The van der Waals surface area contributed by atoms with E-state index in [1.54, 1.807) is 23.2 Å². The second-order valence-electron chi connectivity index (χ2n) is 7.41. The summed E-state index contributed by atoms with van der Waals surface area (Å²) in [5, 5.41) is 40.8. The third kappa shape index (κ3) is 2.52. The molecular formula is C24H12N8. The Morgan fingerprint density at radius 2 is 0.938 bits per heavy atom. The van der Waals surface area contributed by atoms with Crippen molar-refractivity contribution in [2.24, 2.45) is 14.1 Å². The molecule has 8 nitrogen and oxygen atoms in total. The van der Waals surface area contributed by atoms with Gasteiger partial charge < -0.3 is 9.13 Å². The minimum Gasteiger partial charge on any atom is -0.326 e. The van der Waals surface area contributed by atoms with E-state index in [1.165, 1.54) is 0 Å². The van der Waals surface area contributed by atoms with Gasteiger partial charge >= 0.3 is 0 Å². The Morgan fingerprint density at radius 3 is 1.28 bits per heavy atom. The van der Waals surface area contributed by atoms with Gasteiger partial charge in [0.25, 0.3) is 0 Å². The predicted molar refractivity (Wildman–Crippen MR) is 119 cm³/mol. The number of benzene rings is 3. The monoisotopic (exact) mass is 412 g/mol. The van der Waals surface area contributed by atoms with Crippen LogP contribution in [0.5, 0.6) is 0 Å². The molecule has 2 heterocycles. The summed E-state index contributed by atoms with van der Waals surface area (Å²) in [7, 11) is 3.56. The van der Waals surface area contributed by atoms with Crippen LogP contribution in [0.4, 0.5) is 0 Å². The summed E-state index contributed by atoms with van der Waals surface area (Å²) >= 11 is 0. The van der Waals surface area contributed by atoms with Gasteiger partial charge in [0.05, 0.1) is 22.1 Å². The van der Waals surface area contributed by atoms with Crippen LogP contribution in [0.3, 0.4) is 0 Å². The Balaban J connectivity index is 1.86. The highest BCUT2D eigenvalue weighted by Crippen LogP contribution is 2.28. The third-order valence-corrected chi connectivity index (χ3v) is 5.69. The van der Waals surface area contributed by atoms with Gasteiger partial charge in [-0.2, -0.15) is 21.0 Å². The fourth-order valence-electron chi connectivity index (χ4n) is 4.07.